The minimum Gasteiger partial charge on any atom is -0.349 e. The van der Waals surface area contributed by atoms with E-state index in [1.807, 2.05) is 5.38 Å². The molecule has 0 aliphatic carbocycles. The van der Waals surface area contributed by atoms with Crippen molar-refractivity contribution in [2.24, 2.45) is 5.73 Å². The maximum Gasteiger partial charge on any atom is 0.237 e. The number of nitrogens with two attached hydrogens (primary N) is 1. The summed E-state index contributed by atoms with van der Waals surface area (Å²) >= 11 is 1.52. The van der Waals surface area contributed by atoms with Crippen molar-refractivity contribution in [3.63, 3.8) is 0 Å². The number of carbonyl (C=O) groups excluding carboxylic acids is 1. The number of hydrogen-bond donors (Lipinski definition) is 2. The Hall–Kier alpha value is -0.940. The standard InChI is InChI=1S/C10H17N3OS/c1-2-3-4-9(11)10(14)12-5-8-6-15-7-13-8/h6-7,9H,2-5,11H2,1H3,(H,12,14)/t9-/m0/s1. The maximum atomic E-state index is 11.5. The highest BCUT2D eigenvalue weighted by Gasteiger charge is 2.11. The van der Waals surface area contributed by atoms with Crippen LogP contribution in [0.5, 0.6) is 0 Å². The fraction of sp³-hybridized carbons (Fsp3) is 0.600. The Labute approximate surface area is 93.9 Å². The molecule has 5 heteroatoms. The third kappa shape index (κ3) is 4.40. The van der Waals surface area contributed by atoms with Gasteiger partial charge in [0.2, 0.25) is 5.91 Å². The molecule has 4 nitrogen and oxygen atoms in total. The lowest BCUT2D eigenvalue weighted by Crippen LogP contribution is -2.40. The van der Waals surface area contributed by atoms with Gasteiger partial charge >= 0.3 is 0 Å². The normalized spacial score (nSPS) is 12.4. The third-order valence-electron chi connectivity index (χ3n) is 2.13. The fourth-order valence-electron chi connectivity index (χ4n) is 1.19. The number of nitrogens with one attached hydrogen (secondary N) is 1. The van der Waals surface area contributed by atoms with Gasteiger partial charge in [-0.3, -0.25) is 4.79 Å². The first-order chi connectivity index (χ1) is 7.24. The van der Waals surface area contributed by atoms with Crippen LogP contribution in [0.2, 0.25) is 0 Å². The van der Waals surface area contributed by atoms with Crippen LogP contribution in [0.4, 0.5) is 0 Å². The van der Waals surface area contributed by atoms with E-state index in [0.29, 0.717) is 6.54 Å². The van der Waals surface area contributed by atoms with Crippen molar-refractivity contribution in [1.29, 1.82) is 0 Å². The Morgan fingerprint density at radius 3 is 3.13 bits per heavy atom. The van der Waals surface area contributed by atoms with Gasteiger partial charge in [-0.2, -0.15) is 0 Å². The fourth-order valence-corrected chi connectivity index (χ4v) is 1.75. The molecule has 0 saturated heterocycles. The summed E-state index contributed by atoms with van der Waals surface area (Å²) in [5.41, 5.74) is 8.35. The summed E-state index contributed by atoms with van der Waals surface area (Å²) in [5, 5.41) is 4.69. The van der Waals surface area contributed by atoms with Gasteiger partial charge in [-0.15, -0.1) is 11.3 Å². The molecule has 0 bridgehead atoms. The van der Waals surface area contributed by atoms with Gasteiger partial charge in [0, 0.05) is 5.38 Å². The summed E-state index contributed by atoms with van der Waals surface area (Å²) in [6, 6.07) is -0.386. The molecular weight excluding hydrogens is 210 g/mol. The summed E-state index contributed by atoms with van der Waals surface area (Å²) in [4.78, 5) is 15.6. The molecular formula is C10H17N3OS. The SMILES string of the molecule is CCCC[C@H](N)C(=O)NCc1cscn1. The second-order valence-electron chi connectivity index (χ2n) is 3.45. The van der Waals surface area contributed by atoms with Crippen LogP contribution < -0.4 is 11.1 Å². The summed E-state index contributed by atoms with van der Waals surface area (Å²) in [6.07, 6.45) is 2.80. The molecule has 0 unspecified atom stereocenters. The number of amides is 1. The van der Waals surface area contributed by atoms with Crippen molar-refractivity contribution in [3.8, 4) is 0 Å². The van der Waals surface area contributed by atoms with Crippen LogP contribution in [0.25, 0.3) is 0 Å². The molecule has 0 radical (unpaired) electrons. The van der Waals surface area contributed by atoms with E-state index in [-0.39, 0.29) is 11.9 Å². The van der Waals surface area contributed by atoms with Crippen LogP contribution in [0, 0.1) is 0 Å². The smallest absolute Gasteiger partial charge is 0.237 e. The Kier molecular flexibility index (Phi) is 5.28. The Morgan fingerprint density at radius 2 is 2.53 bits per heavy atom. The van der Waals surface area contributed by atoms with E-state index in [1.54, 1.807) is 5.51 Å². The van der Waals surface area contributed by atoms with Gasteiger partial charge in [0.25, 0.3) is 0 Å². The minimum atomic E-state index is -0.386. The molecule has 0 fully saturated rings. The van der Waals surface area contributed by atoms with Crippen LogP contribution in [-0.2, 0) is 11.3 Å². The maximum absolute atomic E-state index is 11.5. The summed E-state index contributed by atoms with van der Waals surface area (Å²) in [5.74, 6) is -0.0866. The van der Waals surface area contributed by atoms with Crippen molar-refractivity contribution in [2.75, 3.05) is 0 Å². The zero-order valence-corrected chi connectivity index (χ0v) is 9.72. The van der Waals surface area contributed by atoms with Gasteiger partial charge in [-0.1, -0.05) is 19.8 Å². The molecule has 84 valence electrons. The van der Waals surface area contributed by atoms with Crippen LogP contribution in [0.15, 0.2) is 10.9 Å². The molecule has 1 rings (SSSR count). The Balaban J connectivity index is 2.23. The molecule has 0 aliphatic rings. The quantitative estimate of drug-likeness (QED) is 0.769. The average Bonchev–Trinajstić information content (AvgIpc) is 2.75. The number of unbranched alkanes of at least 4 members (excludes halogenated alkanes) is 1. The number of nitrogens with zero attached hydrogens (tertiary/aromatic N) is 1. The molecule has 1 atom stereocenters. The number of thiazole rings is 1. The highest BCUT2D eigenvalue weighted by atomic mass is 32.1. The van der Waals surface area contributed by atoms with E-state index in [9.17, 15) is 4.79 Å². The third-order valence-corrected chi connectivity index (χ3v) is 2.77. The topological polar surface area (TPSA) is 68.0 Å². The minimum absolute atomic E-state index is 0.0866. The van der Waals surface area contributed by atoms with Crippen LogP contribution in [-0.4, -0.2) is 16.9 Å². The second-order valence-corrected chi connectivity index (χ2v) is 4.16. The highest BCUT2D eigenvalue weighted by molar-refractivity contribution is 7.07. The first-order valence-electron chi connectivity index (χ1n) is 5.14. The van der Waals surface area contributed by atoms with Gasteiger partial charge in [0.05, 0.1) is 23.8 Å². The first-order valence-corrected chi connectivity index (χ1v) is 6.08. The molecule has 0 aromatic carbocycles. The van der Waals surface area contributed by atoms with Gasteiger partial charge in [-0.05, 0) is 6.42 Å². The van der Waals surface area contributed by atoms with E-state index in [2.05, 4.69) is 17.2 Å². The van der Waals surface area contributed by atoms with E-state index in [1.165, 1.54) is 11.3 Å². The summed E-state index contributed by atoms with van der Waals surface area (Å²) in [7, 11) is 0. The van der Waals surface area contributed by atoms with E-state index >= 15 is 0 Å². The average molecular weight is 227 g/mol. The molecule has 3 N–H and O–H groups in total. The van der Waals surface area contributed by atoms with Gasteiger partial charge < -0.3 is 11.1 Å². The zero-order chi connectivity index (χ0) is 11.1. The van der Waals surface area contributed by atoms with Crippen molar-refractivity contribution >= 4 is 17.2 Å². The second kappa shape index (κ2) is 6.53. The van der Waals surface area contributed by atoms with Gasteiger partial charge in [-0.25, -0.2) is 4.98 Å². The van der Waals surface area contributed by atoms with Crippen LogP contribution in [0.3, 0.4) is 0 Å². The van der Waals surface area contributed by atoms with Gasteiger partial charge in [0.1, 0.15) is 0 Å². The van der Waals surface area contributed by atoms with Gasteiger partial charge in [0.15, 0.2) is 0 Å². The summed E-state index contributed by atoms with van der Waals surface area (Å²) in [6.45, 7) is 2.56. The predicted octanol–water partition coefficient (Wildman–Crippen LogP) is 1.28. The predicted molar refractivity (Wildman–Crippen MR) is 61.5 cm³/mol. The first kappa shape index (κ1) is 12.1. The molecule has 0 saturated carbocycles. The number of rotatable bonds is 6. The van der Waals surface area contributed by atoms with Crippen molar-refractivity contribution in [1.82, 2.24) is 10.3 Å². The Bertz CT molecular complexity index is 287. The number of carbonyl (C=O) groups is 1. The zero-order valence-electron chi connectivity index (χ0n) is 8.90. The molecule has 1 aromatic heterocycles. The van der Waals surface area contributed by atoms with Crippen LogP contribution >= 0.6 is 11.3 Å². The number of hydrogen-bond acceptors (Lipinski definition) is 4. The highest BCUT2D eigenvalue weighted by Crippen LogP contribution is 2.01. The molecule has 1 amide bonds. The molecule has 1 heterocycles. The summed E-state index contributed by atoms with van der Waals surface area (Å²) < 4.78 is 0. The lowest BCUT2D eigenvalue weighted by atomic mass is 10.1. The van der Waals surface area contributed by atoms with E-state index in [4.69, 9.17) is 5.73 Å². The van der Waals surface area contributed by atoms with Crippen molar-refractivity contribution < 1.29 is 4.79 Å². The molecule has 15 heavy (non-hydrogen) atoms. The lowest BCUT2D eigenvalue weighted by Gasteiger charge is -2.10. The molecule has 1 aromatic rings. The van der Waals surface area contributed by atoms with E-state index in [0.717, 1.165) is 25.0 Å². The van der Waals surface area contributed by atoms with Crippen molar-refractivity contribution in [3.05, 3.63) is 16.6 Å². The van der Waals surface area contributed by atoms with Crippen LogP contribution in [0.1, 0.15) is 31.9 Å². The largest absolute Gasteiger partial charge is 0.349 e. The number of aromatic nitrogens is 1. The lowest BCUT2D eigenvalue weighted by molar-refractivity contribution is -0.122. The van der Waals surface area contributed by atoms with Crippen molar-refractivity contribution in [2.45, 2.75) is 38.8 Å². The Morgan fingerprint density at radius 1 is 1.73 bits per heavy atom. The van der Waals surface area contributed by atoms with E-state index < -0.39 is 0 Å². The monoisotopic (exact) mass is 227 g/mol. The molecule has 0 spiro atoms. The molecule has 0 aliphatic heterocycles.